The van der Waals surface area contributed by atoms with Crippen LogP contribution < -0.4 is 5.73 Å². The molecule has 1 aromatic carbocycles. The highest BCUT2D eigenvalue weighted by atomic mass is 32.2. The SMILES string of the molecule is CCN(C)C(=O)CS(=O)c1cccc(N)c1. The van der Waals surface area contributed by atoms with Crippen LogP contribution in [0.3, 0.4) is 0 Å². The zero-order valence-corrected chi connectivity index (χ0v) is 10.3. The number of amides is 1. The Morgan fingerprint density at radius 3 is 2.75 bits per heavy atom. The minimum absolute atomic E-state index is 0.00773. The van der Waals surface area contributed by atoms with Crippen molar-refractivity contribution < 1.29 is 9.00 Å². The lowest BCUT2D eigenvalue weighted by atomic mass is 10.3. The fourth-order valence-electron chi connectivity index (χ4n) is 1.14. The molecule has 88 valence electrons. The molecule has 0 bridgehead atoms. The second kappa shape index (κ2) is 5.65. The Kier molecular flexibility index (Phi) is 4.49. The van der Waals surface area contributed by atoms with Crippen LogP contribution in [-0.4, -0.2) is 34.4 Å². The monoisotopic (exact) mass is 240 g/mol. The van der Waals surface area contributed by atoms with Crippen LogP contribution in [0.5, 0.6) is 0 Å². The third-order valence-corrected chi connectivity index (χ3v) is 3.56. The third kappa shape index (κ3) is 3.34. The quantitative estimate of drug-likeness (QED) is 0.794. The lowest BCUT2D eigenvalue weighted by Gasteiger charge is -2.13. The van der Waals surface area contributed by atoms with Crippen LogP contribution in [0.25, 0.3) is 0 Å². The first-order chi connectivity index (χ1) is 7.54. The molecule has 2 N–H and O–H groups in total. The number of nitrogen functional groups attached to an aromatic ring is 1. The molecule has 0 aliphatic rings. The number of carbonyl (C=O) groups is 1. The molecule has 5 heteroatoms. The first-order valence-corrected chi connectivity index (χ1v) is 6.34. The first kappa shape index (κ1) is 12.7. The minimum atomic E-state index is -1.32. The van der Waals surface area contributed by atoms with Gasteiger partial charge in [-0.1, -0.05) is 6.07 Å². The zero-order chi connectivity index (χ0) is 12.1. The number of carbonyl (C=O) groups excluding carboxylic acids is 1. The van der Waals surface area contributed by atoms with Gasteiger partial charge in [0.15, 0.2) is 0 Å². The highest BCUT2D eigenvalue weighted by Gasteiger charge is 2.13. The van der Waals surface area contributed by atoms with Gasteiger partial charge in [0.05, 0.1) is 10.8 Å². The molecule has 1 atom stereocenters. The van der Waals surface area contributed by atoms with Crippen molar-refractivity contribution in [3.05, 3.63) is 24.3 Å². The minimum Gasteiger partial charge on any atom is -0.399 e. The molecule has 0 heterocycles. The molecule has 0 aliphatic heterocycles. The van der Waals surface area contributed by atoms with Gasteiger partial charge in [-0.05, 0) is 25.1 Å². The van der Waals surface area contributed by atoms with Crippen molar-refractivity contribution >= 4 is 22.4 Å². The molecule has 0 saturated heterocycles. The molecule has 0 spiro atoms. The maximum Gasteiger partial charge on any atom is 0.235 e. The van der Waals surface area contributed by atoms with Gasteiger partial charge in [-0.3, -0.25) is 9.00 Å². The molecule has 1 unspecified atom stereocenters. The number of anilines is 1. The standard InChI is InChI=1S/C11H16N2O2S/c1-3-13(2)11(14)8-16(15)10-6-4-5-9(12)7-10/h4-7H,3,8,12H2,1-2H3. The zero-order valence-electron chi connectivity index (χ0n) is 9.47. The van der Waals surface area contributed by atoms with Crippen molar-refractivity contribution in [3.8, 4) is 0 Å². The molecule has 0 fully saturated rings. The summed E-state index contributed by atoms with van der Waals surface area (Å²) in [7, 11) is 0.376. The average Bonchev–Trinajstić information content (AvgIpc) is 2.27. The summed E-state index contributed by atoms with van der Waals surface area (Å²) in [4.78, 5) is 13.7. The lowest BCUT2D eigenvalue weighted by molar-refractivity contribution is -0.126. The predicted molar refractivity (Wildman–Crippen MR) is 65.4 cm³/mol. The maximum atomic E-state index is 11.8. The van der Waals surface area contributed by atoms with E-state index in [1.165, 1.54) is 0 Å². The van der Waals surface area contributed by atoms with Gasteiger partial charge in [0, 0.05) is 24.2 Å². The highest BCUT2D eigenvalue weighted by Crippen LogP contribution is 2.11. The normalized spacial score (nSPS) is 12.1. The van der Waals surface area contributed by atoms with E-state index >= 15 is 0 Å². The van der Waals surface area contributed by atoms with Gasteiger partial charge >= 0.3 is 0 Å². The van der Waals surface area contributed by atoms with Gasteiger partial charge in [0.2, 0.25) is 5.91 Å². The predicted octanol–water partition coefficient (Wildman–Crippen LogP) is 0.855. The summed E-state index contributed by atoms with van der Waals surface area (Å²) in [5.74, 6) is -0.114. The molecule has 1 rings (SSSR count). The Balaban J connectivity index is 2.69. The Labute approximate surface area is 97.9 Å². The number of nitrogens with zero attached hydrogens (tertiary/aromatic N) is 1. The molecule has 1 aromatic rings. The van der Waals surface area contributed by atoms with E-state index in [1.807, 2.05) is 6.92 Å². The summed E-state index contributed by atoms with van der Waals surface area (Å²) in [6, 6.07) is 6.80. The molecule has 0 radical (unpaired) electrons. The van der Waals surface area contributed by atoms with Crippen molar-refractivity contribution in [2.75, 3.05) is 25.1 Å². The second-order valence-electron chi connectivity index (χ2n) is 3.47. The van der Waals surface area contributed by atoms with Gasteiger partial charge in [0.1, 0.15) is 5.75 Å². The number of hydrogen-bond acceptors (Lipinski definition) is 3. The van der Waals surface area contributed by atoms with Gasteiger partial charge < -0.3 is 10.6 Å². The van der Waals surface area contributed by atoms with Gasteiger partial charge in [-0.2, -0.15) is 0 Å². The van der Waals surface area contributed by atoms with Crippen LogP contribution in [-0.2, 0) is 15.6 Å². The molecular weight excluding hydrogens is 224 g/mol. The summed E-state index contributed by atoms with van der Waals surface area (Å²) in [5, 5.41) is 0. The van der Waals surface area contributed by atoms with Gasteiger partial charge in [-0.15, -0.1) is 0 Å². The molecule has 0 aliphatic carbocycles. The van der Waals surface area contributed by atoms with Crippen molar-refractivity contribution in [3.63, 3.8) is 0 Å². The Morgan fingerprint density at radius 1 is 1.50 bits per heavy atom. The molecule has 4 nitrogen and oxygen atoms in total. The highest BCUT2D eigenvalue weighted by molar-refractivity contribution is 7.85. The van der Waals surface area contributed by atoms with E-state index < -0.39 is 10.8 Å². The van der Waals surface area contributed by atoms with Gasteiger partial charge in [0.25, 0.3) is 0 Å². The van der Waals surface area contributed by atoms with Crippen molar-refractivity contribution in [2.45, 2.75) is 11.8 Å². The fraction of sp³-hybridized carbons (Fsp3) is 0.364. The van der Waals surface area contributed by atoms with Crippen LogP contribution in [0.15, 0.2) is 29.2 Å². The molecular formula is C11H16N2O2S. The fourth-order valence-corrected chi connectivity index (χ4v) is 2.25. The van der Waals surface area contributed by atoms with Crippen molar-refractivity contribution in [1.82, 2.24) is 4.90 Å². The maximum absolute atomic E-state index is 11.8. The molecule has 0 aromatic heterocycles. The van der Waals surface area contributed by atoms with Crippen LogP contribution in [0.2, 0.25) is 0 Å². The van der Waals surface area contributed by atoms with E-state index in [-0.39, 0.29) is 11.7 Å². The summed E-state index contributed by atoms with van der Waals surface area (Å²) < 4.78 is 11.8. The van der Waals surface area contributed by atoms with E-state index in [0.29, 0.717) is 17.1 Å². The van der Waals surface area contributed by atoms with Crippen LogP contribution in [0.1, 0.15) is 6.92 Å². The number of hydrogen-bond donors (Lipinski definition) is 1. The van der Waals surface area contributed by atoms with Crippen molar-refractivity contribution in [1.29, 1.82) is 0 Å². The topological polar surface area (TPSA) is 63.4 Å². The Bertz CT molecular complexity index is 407. The van der Waals surface area contributed by atoms with E-state index in [2.05, 4.69) is 0 Å². The summed E-state index contributed by atoms with van der Waals surface area (Å²) in [6.07, 6.45) is 0. The number of benzene rings is 1. The van der Waals surface area contributed by atoms with E-state index in [9.17, 15) is 9.00 Å². The van der Waals surface area contributed by atoms with E-state index in [4.69, 9.17) is 5.73 Å². The van der Waals surface area contributed by atoms with E-state index in [1.54, 1.807) is 36.2 Å². The lowest BCUT2D eigenvalue weighted by Crippen LogP contribution is -2.30. The Morgan fingerprint density at radius 2 is 2.19 bits per heavy atom. The summed E-state index contributed by atoms with van der Waals surface area (Å²) >= 11 is 0. The first-order valence-electron chi connectivity index (χ1n) is 5.02. The second-order valence-corrected chi connectivity index (χ2v) is 4.92. The average molecular weight is 240 g/mol. The molecule has 0 saturated carbocycles. The largest absolute Gasteiger partial charge is 0.399 e. The van der Waals surface area contributed by atoms with Gasteiger partial charge in [-0.25, -0.2) is 0 Å². The third-order valence-electron chi connectivity index (χ3n) is 2.28. The van der Waals surface area contributed by atoms with Crippen molar-refractivity contribution in [2.24, 2.45) is 0 Å². The van der Waals surface area contributed by atoms with Crippen LogP contribution in [0, 0.1) is 0 Å². The summed E-state index contributed by atoms with van der Waals surface area (Å²) in [6.45, 7) is 2.49. The smallest absolute Gasteiger partial charge is 0.235 e. The van der Waals surface area contributed by atoms with E-state index in [0.717, 1.165) is 0 Å². The molecule has 1 amide bonds. The van der Waals surface area contributed by atoms with Crippen LogP contribution >= 0.6 is 0 Å². The number of rotatable bonds is 4. The summed E-state index contributed by atoms with van der Waals surface area (Å²) in [5.41, 5.74) is 6.14. The van der Waals surface area contributed by atoms with Crippen LogP contribution in [0.4, 0.5) is 5.69 Å². The molecule has 16 heavy (non-hydrogen) atoms. The Hall–Kier alpha value is -1.36. The number of nitrogens with two attached hydrogens (primary N) is 1.